The largest absolute Gasteiger partial charge is 0.462 e. The first-order valence-electron chi connectivity index (χ1n) is 10.9. The summed E-state index contributed by atoms with van der Waals surface area (Å²) in [6.07, 6.45) is 13.7. The van der Waals surface area contributed by atoms with Gasteiger partial charge in [-0.2, -0.15) is 10.5 Å². The minimum atomic E-state index is 0.00341. The topological polar surface area (TPSA) is 73.9 Å². The lowest BCUT2D eigenvalue weighted by atomic mass is 9.78. The molecule has 0 aromatic heterocycles. The van der Waals surface area contributed by atoms with Gasteiger partial charge in [0.2, 0.25) is 0 Å². The summed E-state index contributed by atoms with van der Waals surface area (Å²) < 4.78 is 5.86. The Morgan fingerprint density at radius 3 is 2.31 bits per heavy atom. The van der Waals surface area contributed by atoms with E-state index in [-0.39, 0.29) is 18.0 Å². The van der Waals surface area contributed by atoms with Crippen molar-refractivity contribution in [2.24, 2.45) is 11.8 Å². The molecule has 0 heterocycles. The Bertz CT molecular complexity index is 769. The second kappa shape index (κ2) is 10.8. The molecule has 29 heavy (non-hydrogen) atoms. The molecule has 1 aromatic carbocycles. The second-order valence-electron chi connectivity index (χ2n) is 8.47. The number of ether oxygens (including phenoxy) is 1. The molecule has 4 nitrogen and oxygen atoms in total. The van der Waals surface area contributed by atoms with Crippen molar-refractivity contribution in [3.63, 3.8) is 0 Å². The van der Waals surface area contributed by atoms with Crippen LogP contribution in [0.1, 0.15) is 81.3 Å². The molecular weight excluding hydrogens is 360 g/mol. The molecule has 0 N–H and O–H groups in total. The molecule has 0 radical (unpaired) electrons. The molecule has 0 spiro atoms. The summed E-state index contributed by atoms with van der Waals surface area (Å²) in [7, 11) is 0. The van der Waals surface area contributed by atoms with Crippen molar-refractivity contribution in [1.29, 1.82) is 10.5 Å². The Hall–Kier alpha value is -2.59. The van der Waals surface area contributed by atoms with Gasteiger partial charge in [-0.3, -0.25) is 4.79 Å². The van der Waals surface area contributed by atoms with E-state index in [1.165, 1.54) is 5.56 Å². The van der Waals surface area contributed by atoms with E-state index in [4.69, 9.17) is 15.3 Å². The molecule has 0 bridgehead atoms. The highest BCUT2D eigenvalue weighted by molar-refractivity contribution is 5.72. The summed E-state index contributed by atoms with van der Waals surface area (Å²) in [5, 5.41) is 17.5. The number of hydrogen-bond acceptors (Lipinski definition) is 4. The van der Waals surface area contributed by atoms with Crippen LogP contribution in [0, 0.1) is 34.5 Å². The van der Waals surface area contributed by atoms with Crippen LogP contribution in [0.5, 0.6) is 0 Å². The third-order valence-electron chi connectivity index (χ3n) is 6.58. The smallest absolute Gasteiger partial charge is 0.309 e. The van der Waals surface area contributed by atoms with Crippen molar-refractivity contribution in [3.05, 3.63) is 47.5 Å². The summed E-state index contributed by atoms with van der Waals surface area (Å²) in [4.78, 5) is 12.6. The highest BCUT2D eigenvalue weighted by atomic mass is 16.5. The van der Waals surface area contributed by atoms with Gasteiger partial charge in [-0.15, -0.1) is 0 Å². The highest BCUT2D eigenvalue weighted by Gasteiger charge is 2.31. The van der Waals surface area contributed by atoms with Gasteiger partial charge in [-0.05, 0) is 93.7 Å². The normalized spacial score (nSPS) is 27.1. The molecule has 3 rings (SSSR count). The summed E-state index contributed by atoms with van der Waals surface area (Å²) >= 11 is 0. The maximum absolute atomic E-state index is 12.6. The van der Waals surface area contributed by atoms with Gasteiger partial charge in [0.25, 0.3) is 0 Å². The van der Waals surface area contributed by atoms with Crippen molar-refractivity contribution >= 4 is 5.97 Å². The van der Waals surface area contributed by atoms with E-state index in [1.807, 2.05) is 24.3 Å². The van der Waals surface area contributed by atoms with E-state index in [2.05, 4.69) is 18.2 Å². The average Bonchev–Trinajstić information content (AvgIpc) is 2.78. The van der Waals surface area contributed by atoms with Crippen LogP contribution in [0.25, 0.3) is 0 Å². The standard InChI is InChI=1S/C25H30N2O2/c26-17-3-1-2-4-19-7-15-24(16-8-19)29-25(28)23-13-11-22(12-14-23)21-9-5-20(18-27)6-10-21/h1,3,5-6,9-10,19,22-24H,2,4,7-8,11-16H2/b3-1+. The molecule has 4 heteroatoms. The minimum Gasteiger partial charge on any atom is -0.462 e. The molecule has 0 amide bonds. The SMILES string of the molecule is N#C/C=C/CCC1CCC(OC(=O)C2CCC(c3ccc(C#N)cc3)CC2)CC1. The molecule has 0 saturated heterocycles. The van der Waals surface area contributed by atoms with E-state index in [0.29, 0.717) is 17.4 Å². The van der Waals surface area contributed by atoms with Crippen LogP contribution in [-0.2, 0) is 9.53 Å². The number of esters is 1. The molecule has 2 saturated carbocycles. The Morgan fingerprint density at radius 1 is 1.00 bits per heavy atom. The van der Waals surface area contributed by atoms with E-state index < -0.39 is 0 Å². The van der Waals surface area contributed by atoms with Gasteiger partial charge >= 0.3 is 5.97 Å². The monoisotopic (exact) mass is 390 g/mol. The molecular formula is C25H30N2O2. The zero-order valence-corrected chi connectivity index (χ0v) is 17.1. The predicted molar refractivity (Wildman–Crippen MR) is 112 cm³/mol. The number of carbonyl (C=O) groups is 1. The van der Waals surface area contributed by atoms with Crippen LogP contribution >= 0.6 is 0 Å². The summed E-state index contributed by atoms with van der Waals surface area (Å²) in [6, 6.07) is 12.1. The number of nitriles is 2. The molecule has 2 fully saturated rings. The lowest BCUT2D eigenvalue weighted by Gasteiger charge is -2.31. The van der Waals surface area contributed by atoms with Crippen LogP contribution in [0.3, 0.4) is 0 Å². The van der Waals surface area contributed by atoms with Gasteiger partial charge < -0.3 is 4.74 Å². The average molecular weight is 391 g/mol. The highest BCUT2D eigenvalue weighted by Crippen LogP contribution is 2.37. The van der Waals surface area contributed by atoms with Crippen molar-refractivity contribution < 1.29 is 9.53 Å². The van der Waals surface area contributed by atoms with Crippen LogP contribution < -0.4 is 0 Å². The zero-order valence-electron chi connectivity index (χ0n) is 17.1. The predicted octanol–water partition coefficient (Wildman–Crippen LogP) is 5.79. The third kappa shape index (κ3) is 6.20. The van der Waals surface area contributed by atoms with Crippen molar-refractivity contribution in [3.8, 4) is 12.1 Å². The van der Waals surface area contributed by atoms with Crippen molar-refractivity contribution in [1.82, 2.24) is 0 Å². The molecule has 0 unspecified atom stereocenters. The van der Waals surface area contributed by atoms with Crippen LogP contribution in [0.2, 0.25) is 0 Å². The Morgan fingerprint density at radius 2 is 1.69 bits per heavy atom. The first kappa shape index (κ1) is 21.1. The van der Waals surface area contributed by atoms with E-state index in [9.17, 15) is 4.79 Å². The number of nitrogens with zero attached hydrogens (tertiary/aromatic N) is 2. The zero-order chi connectivity index (χ0) is 20.5. The van der Waals surface area contributed by atoms with Gasteiger partial charge in [0.05, 0.1) is 23.6 Å². The van der Waals surface area contributed by atoms with Gasteiger partial charge in [0.1, 0.15) is 6.10 Å². The number of allylic oxidation sites excluding steroid dienone is 2. The van der Waals surface area contributed by atoms with Crippen LogP contribution in [0.4, 0.5) is 0 Å². The Balaban J connectivity index is 1.37. The quantitative estimate of drug-likeness (QED) is 0.455. The number of benzene rings is 1. The molecule has 152 valence electrons. The van der Waals surface area contributed by atoms with Gasteiger partial charge in [-0.1, -0.05) is 18.2 Å². The lowest BCUT2D eigenvalue weighted by molar-refractivity contribution is -0.157. The van der Waals surface area contributed by atoms with Crippen molar-refractivity contribution in [2.75, 3.05) is 0 Å². The van der Waals surface area contributed by atoms with E-state index in [1.54, 1.807) is 6.08 Å². The van der Waals surface area contributed by atoms with E-state index >= 15 is 0 Å². The fraction of sp³-hybridized carbons (Fsp3) is 0.560. The number of hydrogen-bond donors (Lipinski definition) is 0. The Labute approximate surface area is 174 Å². The van der Waals surface area contributed by atoms with E-state index in [0.717, 1.165) is 64.2 Å². The first-order valence-corrected chi connectivity index (χ1v) is 10.9. The van der Waals surface area contributed by atoms with Crippen molar-refractivity contribution in [2.45, 2.75) is 76.2 Å². The fourth-order valence-corrected chi connectivity index (χ4v) is 4.76. The fourth-order valence-electron chi connectivity index (χ4n) is 4.76. The second-order valence-corrected chi connectivity index (χ2v) is 8.47. The third-order valence-corrected chi connectivity index (χ3v) is 6.58. The first-order chi connectivity index (χ1) is 14.2. The maximum Gasteiger partial charge on any atom is 0.309 e. The molecule has 0 atom stereocenters. The molecule has 2 aliphatic carbocycles. The summed E-state index contributed by atoms with van der Waals surface area (Å²) in [5.41, 5.74) is 1.97. The van der Waals surface area contributed by atoms with Gasteiger partial charge in [0.15, 0.2) is 0 Å². The summed E-state index contributed by atoms with van der Waals surface area (Å²) in [6.45, 7) is 0. The molecule has 0 aliphatic heterocycles. The maximum atomic E-state index is 12.6. The van der Waals surface area contributed by atoms with Crippen LogP contribution in [-0.4, -0.2) is 12.1 Å². The molecule has 2 aliphatic rings. The van der Waals surface area contributed by atoms with Gasteiger partial charge in [-0.25, -0.2) is 0 Å². The Kier molecular flexibility index (Phi) is 7.88. The number of carbonyl (C=O) groups excluding carboxylic acids is 1. The van der Waals surface area contributed by atoms with Gasteiger partial charge in [0, 0.05) is 6.08 Å². The number of rotatable bonds is 6. The minimum absolute atomic E-state index is 0.00341. The summed E-state index contributed by atoms with van der Waals surface area (Å²) in [5.74, 6) is 1.22. The molecule has 1 aromatic rings. The lowest BCUT2D eigenvalue weighted by Crippen LogP contribution is -2.29. The van der Waals surface area contributed by atoms with Crippen LogP contribution in [0.15, 0.2) is 36.4 Å².